The minimum atomic E-state index is -3.70. The highest BCUT2D eigenvalue weighted by molar-refractivity contribution is 7.74. The number of ether oxygens (including phenoxy) is 5. The number of hydrogen-bond donors (Lipinski definition) is 1. The van der Waals surface area contributed by atoms with Gasteiger partial charge in [-0.15, -0.1) is 0 Å². The van der Waals surface area contributed by atoms with Gasteiger partial charge >= 0.3 is 42.9 Å². The van der Waals surface area contributed by atoms with Crippen LogP contribution >= 0.6 is 7.60 Å². The molecule has 4 saturated carbocycles. The first kappa shape index (κ1) is 73.5. The van der Waals surface area contributed by atoms with E-state index in [-0.39, 0.29) is 49.0 Å². The first-order chi connectivity index (χ1) is 41.0. The maximum absolute atomic E-state index is 11.7. The fourth-order valence-corrected chi connectivity index (χ4v) is 11.6. The number of carbonyl (C=O) groups is 8. The van der Waals surface area contributed by atoms with Gasteiger partial charge in [0.1, 0.15) is 34.8 Å². The van der Waals surface area contributed by atoms with Crippen molar-refractivity contribution in [3.8, 4) is 0 Å². The zero-order valence-electron chi connectivity index (χ0n) is 51.3. The molecule has 0 bridgehead atoms. The van der Waals surface area contributed by atoms with Crippen molar-refractivity contribution in [3.05, 3.63) is 87.2 Å². The van der Waals surface area contributed by atoms with E-state index in [0.29, 0.717) is 72.7 Å². The van der Waals surface area contributed by atoms with Gasteiger partial charge in [-0.05, 0) is 127 Å². The molecule has 1 N–H and O–H groups in total. The predicted molar refractivity (Wildman–Crippen MR) is 316 cm³/mol. The average Bonchev–Trinajstić information content (AvgIpc) is 2.45. The van der Waals surface area contributed by atoms with E-state index in [1.807, 2.05) is 12.3 Å². The molecule has 4 heterocycles. The number of hydrogen-bond acceptors (Lipinski definition) is 20. The van der Waals surface area contributed by atoms with Gasteiger partial charge in [-0.2, -0.15) is 25.2 Å². The Labute approximate surface area is 507 Å². The summed E-state index contributed by atoms with van der Waals surface area (Å²) in [5, 5.41) is 26.5. The maximum Gasteiger partial charge on any atom is 0.446 e. The summed E-state index contributed by atoms with van der Waals surface area (Å²) in [7, 11) is 11.2. The SMILES string of the molecule is C.CCOC(=O)c1cc(C2CCC(=O)CC2)nn1C.COC(=O)c1cc(C2CCC(C(=O)O)CC2)nn1C.COC(=O)c1cc(C2CCC(C=O)CC2)nn1C.COC=C1CCC(c2cc(C(=O)OC)n(C)n2)CC1.COP(=O)(OC)C(=[N+]=[N-])C(C)=O. The number of carbonyl (C=O) groups excluding carboxylic acids is 7. The maximum atomic E-state index is 11.7. The third-order valence-corrected chi connectivity index (χ3v) is 17.5. The zero-order chi connectivity index (χ0) is 63.8. The van der Waals surface area contributed by atoms with Gasteiger partial charge in [0.05, 0.1) is 70.0 Å². The van der Waals surface area contributed by atoms with Crippen LogP contribution in [0.1, 0.15) is 212 Å². The molecular formula is C59H87N10O17P. The number of ketones is 2. The number of Topliss-reactive ketones (excluding diaryl/α,β-unsaturated/α-hetero) is 2. The first-order valence-corrected chi connectivity index (χ1v) is 29.9. The average molecular weight is 1240 g/mol. The standard InChI is InChI=1S/C14H20N2O3.C13H18N2O4.2C13H18N2O3.C5H9N2O4P.CH4/c1-16-13(14(17)19-3)8-12(15-16)11-6-4-10(5-7-11)9-18-2;1-15-11(13(18)19-2)7-10(14-15)8-3-5-9(6-4-8)12(16)17;1-15-12(13(17)18-2)7-11(14-15)10-5-3-9(8-16)4-6-10;1-3-18-13(17)12-8-11(14-15(12)2)9-4-6-10(16)7-5-9;1-4(8)5(7-6)12(9,10-2)11-3;/h8-9,11H,4-7H2,1-3H3;7-9H,3-6H2,1-2H3,(H,16,17);7-10H,3-6H2,1-2H3;8-9H,3-7H2,1-2H3;1-3H3;1H4. The summed E-state index contributed by atoms with van der Waals surface area (Å²) in [5.41, 5.74) is 14.6. The van der Waals surface area contributed by atoms with Gasteiger partial charge in [0.25, 0.3) is 0 Å². The molecule has 4 aromatic heterocycles. The second-order valence-electron chi connectivity index (χ2n) is 21.1. The lowest BCUT2D eigenvalue weighted by Gasteiger charge is -2.24. The number of nitrogens with zero attached hydrogens (tertiary/aromatic N) is 10. The van der Waals surface area contributed by atoms with Crippen molar-refractivity contribution in [1.29, 1.82) is 0 Å². The molecule has 0 saturated heterocycles. The lowest BCUT2D eigenvalue weighted by molar-refractivity contribution is -0.143. The topological polar surface area (TPSA) is 346 Å². The van der Waals surface area contributed by atoms with Gasteiger partial charge in [-0.25, -0.2) is 23.7 Å². The van der Waals surface area contributed by atoms with Crippen molar-refractivity contribution in [2.24, 2.45) is 40.0 Å². The Morgan fingerprint density at radius 3 is 1.23 bits per heavy atom. The lowest BCUT2D eigenvalue weighted by Crippen LogP contribution is -2.20. The number of aldehydes is 1. The van der Waals surface area contributed by atoms with E-state index in [9.17, 15) is 42.9 Å². The monoisotopic (exact) mass is 1240 g/mol. The molecule has 27 nitrogen and oxygen atoms in total. The van der Waals surface area contributed by atoms with E-state index >= 15 is 0 Å². The van der Waals surface area contributed by atoms with E-state index in [4.69, 9.17) is 29.6 Å². The van der Waals surface area contributed by atoms with Gasteiger partial charge in [-0.1, -0.05) is 7.43 Å². The highest BCUT2D eigenvalue weighted by Gasteiger charge is 2.42. The summed E-state index contributed by atoms with van der Waals surface area (Å²) < 4.78 is 50.6. The smallest absolute Gasteiger partial charge is 0.446 e. The number of allylic oxidation sites excluding steroid dienone is 1. The molecule has 0 aromatic carbocycles. The molecule has 0 aliphatic heterocycles. The van der Waals surface area contributed by atoms with Gasteiger partial charge in [0.2, 0.25) is 5.78 Å². The van der Waals surface area contributed by atoms with Crippen LogP contribution in [-0.4, -0.2) is 151 Å². The van der Waals surface area contributed by atoms with Crippen molar-refractivity contribution in [3.63, 3.8) is 0 Å². The second kappa shape index (κ2) is 35.8. The molecular weight excluding hydrogens is 1150 g/mol. The number of aromatic nitrogens is 8. The van der Waals surface area contributed by atoms with Crippen LogP contribution in [0.5, 0.6) is 0 Å². The molecule has 0 spiro atoms. The Morgan fingerprint density at radius 2 is 0.943 bits per heavy atom. The van der Waals surface area contributed by atoms with Crippen LogP contribution in [0, 0.1) is 11.8 Å². The van der Waals surface area contributed by atoms with Crippen molar-refractivity contribution in [2.75, 3.05) is 49.3 Å². The van der Waals surface area contributed by atoms with Crippen molar-refractivity contribution >= 4 is 60.7 Å². The first-order valence-electron chi connectivity index (χ1n) is 28.4. The fourth-order valence-electron chi connectivity index (χ4n) is 10.6. The van der Waals surface area contributed by atoms with Gasteiger partial charge in [0, 0.05) is 91.8 Å². The molecule has 4 aliphatic rings. The quantitative estimate of drug-likeness (QED) is 0.0160. The Kier molecular flexibility index (Phi) is 30.2. The number of aliphatic carboxylic acids is 1. The lowest BCUT2D eigenvalue weighted by atomic mass is 9.80. The van der Waals surface area contributed by atoms with E-state index in [0.717, 1.165) is 127 Å². The Bertz CT molecular complexity index is 3090. The number of rotatable bonds is 16. The molecule has 8 rings (SSSR count). The Morgan fingerprint density at radius 1 is 0.598 bits per heavy atom. The van der Waals surface area contributed by atoms with Crippen LogP contribution in [-0.2, 0) is 84.7 Å². The molecule has 4 aromatic rings. The predicted octanol–water partition coefficient (Wildman–Crippen LogP) is 8.79. The van der Waals surface area contributed by atoms with Crippen LogP contribution in [0.2, 0.25) is 0 Å². The van der Waals surface area contributed by atoms with Crippen LogP contribution in [0.15, 0.2) is 36.1 Å². The normalized spacial score (nSPS) is 19.1. The van der Waals surface area contributed by atoms with Crippen LogP contribution in [0.25, 0.3) is 5.53 Å². The van der Waals surface area contributed by atoms with Crippen molar-refractivity contribution < 1.29 is 85.5 Å². The fraction of sp³-hybridized carbons (Fsp3) is 0.610. The third-order valence-electron chi connectivity index (χ3n) is 15.6. The summed E-state index contributed by atoms with van der Waals surface area (Å²) in [6, 6.07) is 7.19. The molecule has 87 heavy (non-hydrogen) atoms. The Hall–Kier alpha value is -7.73. The van der Waals surface area contributed by atoms with Crippen LogP contribution in [0.4, 0.5) is 0 Å². The number of aryl methyl sites for hydroxylation is 4. The molecule has 0 atom stereocenters. The van der Waals surface area contributed by atoms with E-state index in [1.54, 1.807) is 74.5 Å². The van der Waals surface area contributed by atoms with Gasteiger partial charge in [0.15, 0.2) is 0 Å². The minimum absolute atomic E-state index is 0. The zero-order valence-corrected chi connectivity index (χ0v) is 52.2. The summed E-state index contributed by atoms with van der Waals surface area (Å²) in [6.45, 7) is 3.24. The molecule has 28 heteroatoms. The largest absolute Gasteiger partial charge is 0.504 e. The molecule has 0 unspecified atom stereocenters. The van der Waals surface area contributed by atoms with Crippen LogP contribution in [0.3, 0.4) is 0 Å². The molecule has 4 fully saturated rings. The highest BCUT2D eigenvalue weighted by Crippen LogP contribution is 2.47. The number of carboxylic acids is 1. The molecule has 0 amide bonds. The van der Waals surface area contributed by atoms with E-state index in [2.05, 4.69) is 39.0 Å². The summed E-state index contributed by atoms with van der Waals surface area (Å²) in [6.07, 6.45) is 16.6. The minimum Gasteiger partial charge on any atom is -0.504 e. The van der Waals surface area contributed by atoms with Crippen LogP contribution < -0.4 is 0 Å². The summed E-state index contributed by atoms with van der Waals surface area (Å²) >= 11 is 0. The highest BCUT2D eigenvalue weighted by atomic mass is 31.2. The van der Waals surface area contributed by atoms with Crippen molar-refractivity contribution in [1.82, 2.24) is 39.1 Å². The molecule has 480 valence electrons. The number of carboxylic acid groups (broad SMARTS) is 1. The van der Waals surface area contributed by atoms with E-state index in [1.165, 1.54) is 31.6 Å². The van der Waals surface area contributed by atoms with Crippen molar-refractivity contribution in [2.45, 2.75) is 148 Å². The second-order valence-corrected chi connectivity index (χ2v) is 23.2. The summed E-state index contributed by atoms with van der Waals surface area (Å²) in [4.78, 5) is 92.3. The van der Waals surface area contributed by atoms with Gasteiger partial charge in [-0.3, -0.25) is 33.1 Å². The number of methoxy groups -OCH3 is 4. The summed E-state index contributed by atoms with van der Waals surface area (Å²) in [5.74, 6) is -1.24. The number of esters is 4. The third kappa shape index (κ3) is 20.7. The van der Waals surface area contributed by atoms with Gasteiger partial charge < -0.3 is 48.2 Å². The molecule has 4 aliphatic carbocycles. The molecule has 0 radical (unpaired) electrons. The Balaban J connectivity index is 0.000000286. The van der Waals surface area contributed by atoms with E-state index < -0.39 is 30.8 Å².